The van der Waals surface area contributed by atoms with Crippen LogP contribution >= 0.6 is 11.8 Å². The van der Waals surface area contributed by atoms with Gasteiger partial charge in [-0.25, -0.2) is 0 Å². The Morgan fingerprint density at radius 3 is 2.37 bits per heavy atom. The summed E-state index contributed by atoms with van der Waals surface area (Å²) in [5, 5.41) is 2.74. The molecule has 1 amide bonds. The smallest absolute Gasteiger partial charge is 0.233 e. The van der Waals surface area contributed by atoms with Gasteiger partial charge in [0.2, 0.25) is 5.91 Å². The second-order valence-corrected chi connectivity index (χ2v) is 10.0. The minimum atomic E-state index is -0.515. The van der Waals surface area contributed by atoms with E-state index in [0.29, 0.717) is 5.92 Å². The highest BCUT2D eigenvalue weighted by Crippen LogP contribution is 2.27. The first-order valence-corrected chi connectivity index (χ1v) is 10.8. The second kappa shape index (κ2) is 9.24. The Hall–Kier alpha value is -1.33. The summed E-state index contributed by atoms with van der Waals surface area (Å²) in [7, 11) is 0. The van der Waals surface area contributed by atoms with Crippen molar-refractivity contribution in [2.24, 2.45) is 5.92 Å². The summed E-state index contributed by atoms with van der Waals surface area (Å²) in [4.78, 5) is 24.7. The number of nitrogens with one attached hydrogen (secondary N) is 1. The quantitative estimate of drug-likeness (QED) is 0.760. The molecule has 1 aliphatic rings. The number of ether oxygens (including phenoxy) is 1. The van der Waals surface area contributed by atoms with Gasteiger partial charge in [0.25, 0.3) is 0 Å². The summed E-state index contributed by atoms with van der Waals surface area (Å²) >= 11 is 1.65. The van der Waals surface area contributed by atoms with Crippen LogP contribution in [-0.4, -0.2) is 35.7 Å². The van der Waals surface area contributed by atoms with Crippen molar-refractivity contribution < 1.29 is 14.3 Å². The van der Waals surface area contributed by atoms with Crippen molar-refractivity contribution in [1.29, 1.82) is 0 Å². The minimum absolute atomic E-state index is 0.0399. The van der Waals surface area contributed by atoms with Gasteiger partial charge in [0.15, 0.2) is 5.78 Å². The second-order valence-electron chi connectivity index (χ2n) is 8.84. The predicted octanol–water partition coefficient (Wildman–Crippen LogP) is 4.10. The Labute approximate surface area is 167 Å². The number of hydrogen-bond acceptors (Lipinski definition) is 4. The van der Waals surface area contributed by atoms with Gasteiger partial charge in [-0.15, -0.1) is 11.8 Å². The summed E-state index contributed by atoms with van der Waals surface area (Å²) in [6.45, 7) is 12.8. The predicted molar refractivity (Wildman–Crippen MR) is 112 cm³/mol. The van der Waals surface area contributed by atoms with Crippen molar-refractivity contribution >= 4 is 23.5 Å². The normalized spacial score (nSPS) is 21.5. The number of carbonyl (C=O) groups excluding carboxylic acids is 2. The van der Waals surface area contributed by atoms with E-state index in [1.165, 1.54) is 11.1 Å². The molecule has 0 aliphatic carbocycles. The third-order valence-corrected chi connectivity index (χ3v) is 6.16. The van der Waals surface area contributed by atoms with Gasteiger partial charge in [-0.05, 0) is 35.8 Å². The minimum Gasteiger partial charge on any atom is -0.368 e. The number of rotatable bonds is 7. The highest BCUT2D eigenvalue weighted by Gasteiger charge is 2.35. The summed E-state index contributed by atoms with van der Waals surface area (Å²) in [5.74, 6) is 1.09. The standard InChI is InChI=1S/C22H33NO3S/c1-14(2)11-19(21(25)23-20-15(3)26-12-18(20)24)27-13-16-7-9-17(10-8-16)22(4,5)6/h7-10,14-15,19-20H,11-13H2,1-6H3,(H,23,25)/t15-,19-,20-/m1/s1. The maximum Gasteiger partial charge on any atom is 0.233 e. The van der Waals surface area contributed by atoms with Crippen molar-refractivity contribution in [3.63, 3.8) is 0 Å². The highest BCUT2D eigenvalue weighted by atomic mass is 32.2. The van der Waals surface area contributed by atoms with E-state index in [1.807, 2.05) is 6.92 Å². The van der Waals surface area contributed by atoms with Crippen LogP contribution in [-0.2, 0) is 25.5 Å². The van der Waals surface area contributed by atoms with E-state index in [4.69, 9.17) is 4.74 Å². The lowest BCUT2D eigenvalue weighted by molar-refractivity contribution is -0.126. The third kappa shape index (κ3) is 6.35. The molecule has 1 aliphatic heterocycles. The van der Waals surface area contributed by atoms with Gasteiger partial charge in [-0.1, -0.05) is 58.9 Å². The van der Waals surface area contributed by atoms with E-state index in [2.05, 4.69) is 64.2 Å². The largest absolute Gasteiger partial charge is 0.368 e. The Kier molecular flexibility index (Phi) is 7.52. The van der Waals surface area contributed by atoms with Crippen LogP contribution < -0.4 is 5.32 Å². The molecule has 0 radical (unpaired) electrons. The molecule has 3 atom stereocenters. The molecular weight excluding hydrogens is 358 g/mol. The Balaban J connectivity index is 1.99. The van der Waals surface area contributed by atoms with Crippen LogP contribution in [0.1, 0.15) is 59.1 Å². The van der Waals surface area contributed by atoms with Crippen LogP contribution in [0, 0.1) is 5.92 Å². The zero-order chi connectivity index (χ0) is 20.2. The molecule has 1 saturated heterocycles. The molecule has 1 fully saturated rings. The van der Waals surface area contributed by atoms with Gasteiger partial charge in [0.1, 0.15) is 12.6 Å². The number of benzene rings is 1. The van der Waals surface area contributed by atoms with E-state index < -0.39 is 6.04 Å². The zero-order valence-corrected chi connectivity index (χ0v) is 18.2. The van der Waals surface area contributed by atoms with Gasteiger partial charge in [0.05, 0.1) is 11.4 Å². The number of thioether (sulfide) groups is 1. The fourth-order valence-corrected chi connectivity index (χ4v) is 4.41. The molecule has 0 bridgehead atoms. The summed E-state index contributed by atoms with van der Waals surface area (Å²) in [6, 6.07) is 8.12. The van der Waals surface area contributed by atoms with Gasteiger partial charge in [-0.3, -0.25) is 9.59 Å². The Morgan fingerprint density at radius 1 is 1.26 bits per heavy atom. The molecule has 5 heteroatoms. The molecule has 1 N–H and O–H groups in total. The monoisotopic (exact) mass is 391 g/mol. The molecule has 0 spiro atoms. The van der Waals surface area contributed by atoms with Gasteiger partial charge >= 0.3 is 0 Å². The Bertz CT molecular complexity index is 649. The number of ketones is 1. The zero-order valence-electron chi connectivity index (χ0n) is 17.4. The molecular formula is C22H33NO3S. The van der Waals surface area contributed by atoms with E-state index in [1.54, 1.807) is 11.8 Å². The maximum absolute atomic E-state index is 12.8. The number of amides is 1. The van der Waals surface area contributed by atoms with Gasteiger partial charge in [0, 0.05) is 5.75 Å². The van der Waals surface area contributed by atoms with E-state index in [0.717, 1.165) is 12.2 Å². The summed E-state index contributed by atoms with van der Waals surface area (Å²) in [5.41, 5.74) is 2.66. The van der Waals surface area contributed by atoms with Crippen molar-refractivity contribution in [3.8, 4) is 0 Å². The highest BCUT2D eigenvalue weighted by molar-refractivity contribution is 7.99. The summed E-state index contributed by atoms with van der Waals surface area (Å²) < 4.78 is 5.34. The maximum atomic E-state index is 12.8. The first-order chi connectivity index (χ1) is 12.6. The van der Waals surface area contributed by atoms with Crippen LogP contribution in [0.25, 0.3) is 0 Å². The molecule has 4 nitrogen and oxygen atoms in total. The van der Waals surface area contributed by atoms with E-state index in [9.17, 15) is 9.59 Å². The van der Waals surface area contributed by atoms with Crippen molar-refractivity contribution in [2.45, 2.75) is 76.5 Å². The van der Waals surface area contributed by atoms with Crippen LogP contribution in [0.4, 0.5) is 0 Å². The van der Waals surface area contributed by atoms with Crippen molar-refractivity contribution in [2.75, 3.05) is 6.61 Å². The van der Waals surface area contributed by atoms with Crippen molar-refractivity contribution in [1.82, 2.24) is 5.32 Å². The van der Waals surface area contributed by atoms with Crippen LogP contribution in [0.2, 0.25) is 0 Å². The number of carbonyl (C=O) groups is 2. The SMILES string of the molecule is CC(C)C[C@@H](SCc1ccc(C(C)(C)C)cc1)C(=O)N[C@H]1C(=O)CO[C@@H]1C. The van der Waals surface area contributed by atoms with Gasteiger partial charge in [-0.2, -0.15) is 0 Å². The fraction of sp³-hybridized carbons (Fsp3) is 0.636. The van der Waals surface area contributed by atoms with Crippen LogP contribution in [0.5, 0.6) is 0 Å². The lowest BCUT2D eigenvalue weighted by atomic mass is 9.87. The topological polar surface area (TPSA) is 55.4 Å². The van der Waals surface area contributed by atoms with Crippen LogP contribution in [0.3, 0.4) is 0 Å². The van der Waals surface area contributed by atoms with E-state index in [-0.39, 0.29) is 35.1 Å². The fourth-order valence-electron chi connectivity index (χ4n) is 3.08. The molecule has 0 saturated carbocycles. The molecule has 1 aromatic rings. The van der Waals surface area contributed by atoms with Crippen molar-refractivity contribution in [3.05, 3.63) is 35.4 Å². The number of Topliss-reactive ketones (excluding diaryl/α,β-unsaturated/α-hetero) is 1. The molecule has 1 heterocycles. The lowest BCUT2D eigenvalue weighted by Crippen LogP contribution is -2.47. The molecule has 27 heavy (non-hydrogen) atoms. The molecule has 0 aromatic heterocycles. The average Bonchev–Trinajstić information content (AvgIpc) is 2.89. The van der Waals surface area contributed by atoms with Crippen LogP contribution in [0.15, 0.2) is 24.3 Å². The molecule has 2 rings (SSSR count). The number of hydrogen-bond donors (Lipinski definition) is 1. The molecule has 1 aromatic carbocycles. The van der Waals surface area contributed by atoms with E-state index >= 15 is 0 Å². The third-order valence-electron chi connectivity index (χ3n) is 4.85. The molecule has 150 valence electrons. The lowest BCUT2D eigenvalue weighted by Gasteiger charge is -2.22. The summed E-state index contributed by atoms with van der Waals surface area (Å²) in [6.07, 6.45) is 0.531. The average molecular weight is 392 g/mol. The first-order valence-electron chi connectivity index (χ1n) is 9.73. The Morgan fingerprint density at radius 2 is 1.89 bits per heavy atom. The first kappa shape index (κ1) is 22.0. The van der Waals surface area contributed by atoms with Gasteiger partial charge < -0.3 is 10.1 Å². The molecule has 0 unspecified atom stereocenters.